The number of hydrogen-bond acceptors (Lipinski definition) is 4. The fourth-order valence-electron chi connectivity index (χ4n) is 5.74. The van der Waals surface area contributed by atoms with Crippen LogP contribution in [0.1, 0.15) is 0 Å². The van der Waals surface area contributed by atoms with E-state index in [1.165, 1.54) is 5.56 Å². The van der Waals surface area contributed by atoms with Crippen molar-refractivity contribution in [1.29, 1.82) is 0 Å². The molecule has 0 fully saturated rings. The maximum atomic E-state index is 5.06. The zero-order valence-electron chi connectivity index (χ0n) is 25.0. The van der Waals surface area contributed by atoms with Gasteiger partial charge in [0.2, 0.25) is 0 Å². The van der Waals surface area contributed by atoms with Crippen molar-refractivity contribution in [3.63, 3.8) is 0 Å². The van der Waals surface area contributed by atoms with Crippen LogP contribution in [0.2, 0.25) is 0 Å². The molecule has 216 valence electrons. The Morgan fingerprint density at radius 1 is 0.283 bits per heavy atom. The summed E-state index contributed by atoms with van der Waals surface area (Å²) < 4.78 is 0. The highest BCUT2D eigenvalue weighted by Gasteiger charge is 2.14. The lowest BCUT2D eigenvalue weighted by molar-refractivity contribution is 1.18. The Hall–Kier alpha value is -6.26. The van der Waals surface area contributed by atoms with Crippen LogP contribution in [0, 0.1) is 0 Å². The van der Waals surface area contributed by atoms with Crippen LogP contribution in [0.3, 0.4) is 0 Å². The maximum Gasteiger partial charge on any atom is 0.160 e. The summed E-state index contributed by atoms with van der Waals surface area (Å²) in [5, 5.41) is 1.04. The highest BCUT2D eigenvalue weighted by Crippen LogP contribution is 2.32. The number of benzene rings is 6. The molecule has 0 unspecified atom stereocenters. The average molecular weight is 589 g/mol. The second kappa shape index (κ2) is 12.0. The minimum absolute atomic E-state index is 0.686. The first kappa shape index (κ1) is 27.3. The lowest BCUT2D eigenvalue weighted by Crippen LogP contribution is -1.97. The number of nitrogens with zero attached hydrogens (tertiary/aromatic N) is 4. The molecule has 8 rings (SSSR count). The van der Waals surface area contributed by atoms with Gasteiger partial charge < -0.3 is 0 Å². The number of fused-ring (bicyclic) bond motifs is 1. The van der Waals surface area contributed by atoms with Crippen LogP contribution in [0.25, 0.3) is 78.6 Å². The van der Waals surface area contributed by atoms with Gasteiger partial charge >= 0.3 is 0 Å². The summed E-state index contributed by atoms with van der Waals surface area (Å²) in [6.07, 6.45) is 0. The second-order valence-corrected chi connectivity index (χ2v) is 11.1. The van der Waals surface area contributed by atoms with Crippen LogP contribution in [-0.4, -0.2) is 19.9 Å². The SMILES string of the molecule is c1ccc(-c2ccc(-c3nc(-c4ccccc4)cc(-c4ccc(-c5nc(-c6ccccc6)c6ccccc6n5)cc4)n3)cc2)cc1. The van der Waals surface area contributed by atoms with Crippen molar-refractivity contribution in [2.24, 2.45) is 0 Å². The minimum atomic E-state index is 0.686. The first-order valence-corrected chi connectivity index (χ1v) is 15.3. The van der Waals surface area contributed by atoms with Gasteiger partial charge in [0.05, 0.1) is 22.6 Å². The first-order chi connectivity index (χ1) is 22.8. The van der Waals surface area contributed by atoms with Gasteiger partial charge in [0.25, 0.3) is 0 Å². The van der Waals surface area contributed by atoms with Crippen LogP contribution < -0.4 is 0 Å². The van der Waals surface area contributed by atoms with Gasteiger partial charge in [0.15, 0.2) is 11.6 Å². The summed E-state index contributed by atoms with van der Waals surface area (Å²) in [5.41, 5.74) is 10.9. The summed E-state index contributed by atoms with van der Waals surface area (Å²) in [5.74, 6) is 1.38. The summed E-state index contributed by atoms with van der Waals surface area (Å²) in [7, 11) is 0. The van der Waals surface area contributed by atoms with Crippen molar-refractivity contribution < 1.29 is 0 Å². The quantitative estimate of drug-likeness (QED) is 0.194. The summed E-state index contributed by atoms with van der Waals surface area (Å²) in [6, 6.07) is 58.0. The van der Waals surface area contributed by atoms with Crippen molar-refractivity contribution >= 4 is 10.9 Å². The van der Waals surface area contributed by atoms with E-state index < -0.39 is 0 Å². The highest BCUT2D eigenvalue weighted by atomic mass is 14.9. The molecule has 2 heterocycles. The van der Waals surface area contributed by atoms with Gasteiger partial charge in [0, 0.05) is 33.2 Å². The van der Waals surface area contributed by atoms with E-state index in [1.54, 1.807) is 0 Å². The molecule has 4 nitrogen and oxygen atoms in total. The fourth-order valence-corrected chi connectivity index (χ4v) is 5.74. The van der Waals surface area contributed by atoms with Gasteiger partial charge in [-0.05, 0) is 23.3 Å². The topological polar surface area (TPSA) is 51.6 Å². The van der Waals surface area contributed by atoms with Crippen molar-refractivity contribution in [2.45, 2.75) is 0 Å². The third-order valence-corrected chi connectivity index (χ3v) is 8.14. The van der Waals surface area contributed by atoms with Gasteiger partial charge in [-0.15, -0.1) is 0 Å². The predicted octanol–water partition coefficient (Wildman–Crippen LogP) is 10.4. The smallest absolute Gasteiger partial charge is 0.160 e. The van der Waals surface area contributed by atoms with Gasteiger partial charge in [-0.2, -0.15) is 0 Å². The molecule has 6 aromatic carbocycles. The number of aromatic nitrogens is 4. The molecular weight excluding hydrogens is 560 g/mol. The van der Waals surface area contributed by atoms with E-state index in [1.807, 2.05) is 60.7 Å². The molecule has 2 aromatic heterocycles. The lowest BCUT2D eigenvalue weighted by Gasteiger charge is -2.11. The maximum absolute atomic E-state index is 5.06. The van der Waals surface area contributed by atoms with Crippen LogP contribution >= 0.6 is 0 Å². The van der Waals surface area contributed by atoms with Crippen molar-refractivity contribution in [2.75, 3.05) is 0 Å². The minimum Gasteiger partial charge on any atom is -0.228 e. The first-order valence-electron chi connectivity index (χ1n) is 15.3. The largest absolute Gasteiger partial charge is 0.228 e. The monoisotopic (exact) mass is 588 g/mol. The van der Waals surface area contributed by atoms with E-state index in [0.717, 1.165) is 61.4 Å². The normalized spacial score (nSPS) is 11.0. The molecule has 0 aliphatic rings. The third-order valence-electron chi connectivity index (χ3n) is 8.14. The molecule has 0 atom stereocenters. The Kier molecular flexibility index (Phi) is 7.14. The van der Waals surface area contributed by atoms with Crippen LogP contribution in [0.15, 0.2) is 170 Å². The molecule has 4 heteroatoms. The van der Waals surface area contributed by atoms with Gasteiger partial charge in [-0.3, -0.25) is 0 Å². The van der Waals surface area contributed by atoms with E-state index >= 15 is 0 Å². The molecule has 0 bridgehead atoms. The highest BCUT2D eigenvalue weighted by molar-refractivity contribution is 5.93. The zero-order chi connectivity index (χ0) is 30.7. The lowest BCUT2D eigenvalue weighted by atomic mass is 10.0. The molecule has 0 aliphatic carbocycles. The Morgan fingerprint density at radius 3 is 1.30 bits per heavy atom. The fraction of sp³-hybridized carbons (Fsp3) is 0. The number of hydrogen-bond donors (Lipinski definition) is 0. The Labute approximate surface area is 267 Å². The summed E-state index contributed by atoms with van der Waals surface area (Å²) >= 11 is 0. The van der Waals surface area contributed by atoms with E-state index in [0.29, 0.717) is 11.6 Å². The molecule has 0 aliphatic heterocycles. The number of para-hydroxylation sites is 1. The Balaban J connectivity index is 1.19. The molecule has 0 amide bonds. The third kappa shape index (κ3) is 5.44. The molecule has 46 heavy (non-hydrogen) atoms. The van der Waals surface area contributed by atoms with Crippen LogP contribution in [0.5, 0.6) is 0 Å². The standard InChI is InChI=1S/C42H28N4/c1-4-12-29(13-5-1)30-20-24-34(25-21-30)41-44-38(31-14-6-2-7-15-31)28-39(45-41)32-22-26-35(27-23-32)42-43-37-19-11-10-18-36(37)40(46-42)33-16-8-3-9-17-33/h1-28H. The molecule has 0 spiro atoms. The van der Waals surface area contributed by atoms with Crippen molar-refractivity contribution in [3.05, 3.63) is 170 Å². The predicted molar refractivity (Wildman–Crippen MR) is 188 cm³/mol. The zero-order valence-corrected chi connectivity index (χ0v) is 25.0. The van der Waals surface area contributed by atoms with Gasteiger partial charge in [-0.1, -0.05) is 158 Å². The van der Waals surface area contributed by atoms with Crippen LogP contribution in [0.4, 0.5) is 0 Å². The van der Waals surface area contributed by atoms with E-state index in [2.05, 4.69) is 109 Å². The molecule has 0 saturated carbocycles. The Bertz CT molecular complexity index is 2270. The van der Waals surface area contributed by atoms with Crippen LogP contribution in [-0.2, 0) is 0 Å². The van der Waals surface area contributed by atoms with Gasteiger partial charge in [-0.25, -0.2) is 19.9 Å². The van der Waals surface area contributed by atoms with E-state index in [-0.39, 0.29) is 0 Å². The van der Waals surface area contributed by atoms with Crippen molar-refractivity contribution in [1.82, 2.24) is 19.9 Å². The van der Waals surface area contributed by atoms with Crippen molar-refractivity contribution in [3.8, 4) is 67.7 Å². The average Bonchev–Trinajstić information content (AvgIpc) is 3.15. The molecule has 0 saturated heterocycles. The number of rotatable bonds is 6. The summed E-state index contributed by atoms with van der Waals surface area (Å²) in [4.78, 5) is 20.0. The van der Waals surface area contributed by atoms with E-state index in [9.17, 15) is 0 Å². The second-order valence-electron chi connectivity index (χ2n) is 11.1. The molecule has 0 N–H and O–H groups in total. The summed E-state index contributed by atoms with van der Waals surface area (Å²) in [6.45, 7) is 0. The Morgan fingerprint density at radius 2 is 0.696 bits per heavy atom. The van der Waals surface area contributed by atoms with E-state index in [4.69, 9.17) is 19.9 Å². The molecule has 8 aromatic rings. The van der Waals surface area contributed by atoms with Gasteiger partial charge in [0.1, 0.15) is 0 Å². The molecule has 0 radical (unpaired) electrons. The molecular formula is C42H28N4.